The lowest BCUT2D eigenvalue weighted by atomic mass is 9.51. The van der Waals surface area contributed by atoms with Crippen molar-refractivity contribution in [2.24, 2.45) is 17.1 Å². The Morgan fingerprint density at radius 3 is 2.62 bits per heavy atom. The topological polar surface area (TPSA) is 64.3 Å². The molecule has 21 heavy (non-hydrogen) atoms. The van der Waals surface area contributed by atoms with Gasteiger partial charge in [-0.3, -0.25) is 4.79 Å². The molecule has 4 nitrogen and oxygen atoms in total. The van der Waals surface area contributed by atoms with Crippen LogP contribution >= 0.6 is 12.4 Å². The predicted molar refractivity (Wildman–Crippen MR) is 85.4 cm³/mol. The van der Waals surface area contributed by atoms with Crippen molar-refractivity contribution in [3.8, 4) is 0 Å². The number of hydrogen-bond acceptors (Lipinski definition) is 3. The minimum Gasteiger partial charge on any atom is -0.378 e. The SMILES string of the molecule is CCOC1CC(NC(=O)C[C@@H]2CCC[C@H]2N)C12CCC2.Cl. The third kappa shape index (κ3) is 3.08. The Morgan fingerprint density at radius 2 is 2.10 bits per heavy atom. The number of carbonyl (C=O) groups excluding carboxylic acids is 1. The fourth-order valence-corrected chi connectivity index (χ4v) is 4.45. The van der Waals surface area contributed by atoms with Crippen LogP contribution in [0.3, 0.4) is 0 Å². The summed E-state index contributed by atoms with van der Waals surface area (Å²) in [6.45, 7) is 2.84. The minimum atomic E-state index is 0. The molecule has 3 rings (SSSR count). The number of nitrogens with one attached hydrogen (secondary N) is 1. The molecule has 0 saturated heterocycles. The highest BCUT2D eigenvalue weighted by atomic mass is 35.5. The second-order valence-corrected chi connectivity index (χ2v) is 6.95. The van der Waals surface area contributed by atoms with Gasteiger partial charge >= 0.3 is 0 Å². The molecule has 0 aromatic heterocycles. The monoisotopic (exact) mass is 316 g/mol. The number of amides is 1. The Kier molecular flexibility index (Phi) is 5.55. The van der Waals surface area contributed by atoms with Crippen LogP contribution in [0.4, 0.5) is 0 Å². The summed E-state index contributed by atoms with van der Waals surface area (Å²) in [6.07, 6.45) is 9.08. The predicted octanol–water partition coefficient (Wildman–Crippen LogP) is 2.39. The van der Waals surface area contributed by atoms with E-state index in [1.807, 2.05) is 0 Å². The highest BCUT2D eigenvalue weighted by Gasteiger charge is 2.59. The molecule has 3 N–H and O–H groups in total. The van der Waals surface area contributed by atoms with E-state index in [0.717, 1.165) is 25.9 Å². The smallest absolute Gasteiger partial charge is 0.220 e. The zero-order valence-corrected chi connectivity index (χ0v) is 13.8. The summed E-state index contributed by atoms with van der Waals surface area (Å²) in [7, 11) is 0. The number of ether oxygens (including phenoxy) is 1. The van der Waals surface area contributed by atoms with Gasteiger partial charge in [-0.05, 0) is 44.9 Å². The standard InChI is InChI=1S/C16H28N2O2.ClH/c1-2-20-14-10-13(16(14)7-4-8-16)18-15(19)9-11-5-3-6-12(11)17;/h11-14H,2-10,17H2,1H3,(H,18,19);1H/t11-,12+,13?,14?;/m0./s1. The van der Waals surface area contributed by atoms with Crippen LogP contribution in [0, 0.1) is 11.3 Å². The maximum absolute atomic E-state index is 12.2. The van der Waals surface area contributed by atoms with E-state index < -0.39 is 0 Å². The molecule has 1 spiro atoms. The maximum Gasteiger partial charge on any atom is 0.220 e. The van der Waals surface area contributed by atoms with Crippen molar-refractivity contribution in [3.05, 3.63) is 0 Å². The summed E-state index contributed by atoms with van der Waals surface area (Å²) in [5, 5.41) is 3.27. The fourth-order valence-electron chi connectivity index (χ4n) is 4.45. The highest BCUT2D eigenvalue weighted by molar-refractivity contribution is 5.85. The largest absolute Gasteiger partial charge is 0.378 e. The van der Waals surface area contributed by atoms with E-state index in [4.69, 9.17) is 10.5 Å². The quantitative estimate of drug-likeness (QED) is 0.818. The first-order chi connectivity index (χ1) is 9.65. The van der Waals surface area contributed by atoms with Crippen LogP contribution in [0.25, 0.3) is 0 Å². The molecule has 5 heteroatoms. The lowest BCUT2D eigenvalue weighted by Crippen LogP contribution is -2.67. The molecule has 0 aromatic rings. The first-order valence-corrected chi connectivity index (χ1v) is 8.32. The number of halogens is 1. The van der Waals surface area contributed by atoms with E-state index >= 15 is 0 Å². The highest BCUT2D eigenvalue weighted by Crippen LogP contribution is 2.57. The summed E-state index contributed by atoms with van der Waals surface area (Å²) >= 11 is 0. The van der Waals surface area contributed by atoms with Gasteiger partial charge < -0.3 is 15.8 Å². The number of carbonyl (C=O) groups is 1. The zero-order valence-electron chi connectivity index (χ0n) is 13.0. The van der Waals surface area contributed by atoms with Crippen LogP contribution in [0.2, 0.25) is 0 Å². The van der Waals surface area contributed by atoms with Crippen LogP contribution < -0.4 is 11.1 Å². The van der Waals surface area contributed by atoms with Gasteiger partial charge in [0.05, 0.1) is 6.10 Å². The maximum atomic E-state index is 12.2. The number of rotatable bonds is 5. The molecule has 3 fully saturated rings. The van der Waals surface area contributed by atoms with Gasteiger partial charge in [-0.15, -0.1) is 12.4 Å². The summed E-state index contributed by atoms with van der Waals surface area (Å²) < 4.78 is 5.83. The van der Waals surface area contributed by atoms with Crippen molar-refractivity contribution in [2.45, 2.75) is 76.5 Å². The molecular formula is C16H29ClN2O2. The van der Waals surface area contributed by atoms with E-state index in [1.165, 1.54) is 25.7 Å². The van der Waals surface area contributed by atoms with Gasteiger partial charge in [0.25, 0.3) is 0 Å². The summed E-state index contributed by atoms with van der Waals surface area (Å²) in [5.41, 5.74) is 6.32. The Morgan fingerprint density at radius 1 is 1.33 bits per heavy atom. The van der Waals surface area contributed by atoms with Crippen molar-refractivity contribution >= 4 is 18.3 Å². The zero-order chi connectivity index (χ0) is 14.2. The molecule has 0 aromatic carbocycles. The summed E-state index contributed by atoms with van der Waals surface area (Å²) in [6, 6.07) is 0.578. The van der Waals surface area contributed by atoms with E-state index in [1.54, 1.807) is 0 Å². The van der Waals surface area contributed by atoms with Crippen LogP contribution in [0.1, 0.15) is 58.3 Å². The molecule has 122 valence electrons. The molecule has 0 heterocycles. The van der Waals surface area contributed by atoms with Crippen LogP contribution in [0.15, 0.2) is 0 Å². The van der Waals surface area contributed by atoms with Crippen LogP contribution in [0.5, 0.6) is 0 Å². The molecule has 0 radical (unpaired) electrons. The van der Waals surface area contributed by atoms with Crippen molar-refractivity contribution in [3.63, 3.8) is 0 Å². The van der Waals surface area contributed by atoms with Gasteiger partial charge in [-0.1, -0.05) is 12.8 Å². The van der Waals surface area contributed by atoms with E-state index in [0.29, 0.717) is 24.5 Å². The van der Waals surface area contributed by atoms with Crippen molar-refractivity contribution in [1.82, 2.24) is 5.32 Å². The van der Waals surface area contributed by atoms with Crippen molar-refractivity contribution in [2.75, 3.05) is 6.61 Å². The van der Waals surface area contributed by atoms with Crippen molar-refractivity contribution in [1.29, 1.82) is 0 Å². The minimum absolute atomic E-state index is 0. The second kappa shape index (κ2) is 6.84. The van der Waals surface area contributed by atoms with Crippen LogP contribution in [-0.4, -0.2) is 30.7 Å². The summed E-state index contributed by atoms with van der Waals surface area (Å²) in [5.74, 6) is 0.605. The molecule has 3 aliphatic rings. The molecule has 1 amide bonds. The molecule has 4 atom stereocenters. The Balaban J connectivity index is 0.00000161. The first-order valence-electron chi connectivity index (χ1n) is 8.32. The van der Waals surface area contributed by atoms with E-state index in [9.17, 15) is 4.79 Å². The molecular weight excluding hydrogens is 288 g/mol. The molecule has 2 unspecified atom stereocenters. The lowest BCUT2D eigenvalue weighted by molar-refractivity contribution is -0.176. The summed E-state index contributed by atoms with van der Waals surface area (Å²) in [4.78, 5) is 12.2. The third-order valence-electron chi connectivity index (χ3n) is 5.94. The van der Waals surface area contributed by atoms with E-state index in [2.05, 4.69) is 12.2 Å². The second-order valence-electron chi connectivity index (χ2n) is 6.95. The molecule has 0 bridgehead atoms. The van der Waals surface area contributed by atoms with Gasteiger partial charge in [0.1, 0.15) is 0 Å². The first kappa shape index (κ1) is 17.0. The van der Waals surface area contributed by atoms with Gasteiger partial charge in [0.15, 0.2) is 0 Å². The molecule has 0 aliphatic heterocycles. The average Bonchev–Trinajstić information content (AvgIpc) is 2.71. The normalized spacial score (nSPS) is 36.5. The third-order valence-corrected chi connectivity index (χ3v) is 5.94. The van der Waals surface area contributed by atoms with Gasteiger partial charge in [0, 0.05) is 30.5 Å². The molecule has 3 saturated carbocycles. The van der Waals surface area contributed by atoms with Crippen LogP contribution in [-0.2, 0) is 9.53 Å². The van der Waals surface area contributed by atoms with Gasteiger partial charge in [0.2, 0.25) is 5.91 Å². The number of nitrogens with two attached hydrogens (primary N) is 1. The lowest BCUT2D eigenvalue weighted by Gasteiger charge is -2.61. The van der Waals surface area contributed by atoms with E-state index in [-0.39, 0.29) is 29.8 Å². The Labute approximate surface area is 134 Å². The number of hydrogen-bond donors (Lipinski definition) is 2. The Bertz CT molecular complexity index is 373. The van der Waals surface area contributed by atoms with Crippen molar-refractivity contribution < 1.29 is 9.53 Å². The average molecular weight is 317 g/mol. The van der Waals surface area contributed by atoms with Gasteiger partial charge in [-0.25, -0.2) is 0 Å². The van der Waals surface area contributed by atoms with Gasteiger partial charge in [-0.2, -0.15) is 0 Å². The fraction of sp³-hybridized carbons (Fsp3) is 0.938. The molecule has 3 aliphatic carbocycles. The Hall–Kier alpha value is -0.320.